The molecule has 0 aromatic heterocycles. The molecule has 0 fully saturated rings. The summed E-state index contributed by atoms with van der Waals surface area (Å²) in [6.07, 6.45) is 1.50. The fraction of sp³-hybridized carbons (Fsp3) is 0.417. The molecule has 0 atom stereocenters. The van der Waals surface area contributed by atoms with E-state index >= 15 is 0 Å². The summed E-state index contributed by atoms with van der Waals surface area (Å²) < 4.78 is 12.9. The molecule has 2 heteroatoms. The first-order valence-corrected chi connectivity index (χ1v) is 4.66. The highest BCUT2D eigenvalue weighted by atomic mass is 19.1. The Kier molecular flexibility index (Phi) is 3.04. The van der Waals surface area contributed by atoms with Gasteiger partial charge in [-0.05, 0) is 36.6 Å². The molecule has 0 unspecified atom stereocenters. The number of rotatable bonds is 3. The Morgan fingerprint density at radius 3 is 2.64 bits per heavy atom. The number of hydrogen-bond acceptors (Lipinski definition) is 1. The molecule has 0 amide bonds. The van der Waals surface area contributed by atoms with E-state index in [0.29, 0.717) is 6.42 Å². The Balaban J connectivity index is 2.96. The van der Waals surface area contributed by atoms with Crippen LogP contribution in [0.15, 0.2) is 18.2 Å². The zero-order chi connectivity index (χ0) is 10.8. The predicted molar refractivity (Wildman–Crippen MR) is 54.7 cm³/mol. The van der Waals surface area contributed by atoms with Crippen LogP contribution in [0.3, 0.4) is 0 Å². The lowest BCUT2D eigenvalue weighted by Gasteiger charge is -2.17. The van der Waals surface area contributed by atoms with Crippen molar-refractivity contribution in [3.63, 3.8) is 0 Å². The van der Waals surface area contributed by atoms with Crippen molar-refractivity contribution in [2.45, 2.75) is 27.2 Å². The number of aldehydes is 1. The van der Waals surface area contributed by atoms with Gasteiger partial charge in [0.05, 0.1) is 0 Å². The zero-order valence-corrected chi connectivity index (χ0v) is 8.80. The number of carbonyl (C=O) groups is 1. The van der Waals surface area contributed by atoms with Gasteiger partial charge in [0.2, 0.25) is 0 Å². The van der Waals surface area contributed by atoms with Crippen molar-refractivity contribution in [1.29, 1.82) is 0 Å². The minimum absolute atomic E-state index is 0.243. The minimum Gasteiger partial charge on any atom is -0.303 e. The molecule has 0 saturated carbocycles. The van der Waals surface area contributed by atoms with Crippen molar-refractivity contribution in [1.82, 2.24) is 0 Å². The molecule has 1 aromatic rings. The Morgan fingerprint density at radius 2 is 2.07 bits per heavy atom. The summed E-state index contributed by atoms with van der Waals surface area (Å²) in [7, 11) is 0. The highest BCUT2D eigenvalue weighted by Gasteiger charge is 2.18. The first-order chi connectivity index (χ1) is 6.44. The summed E-state index contributed by atoms with van der Waals surface area (Å²) in [5, 5.41) is 0. The summed E-state index contributed by atoms with van der Waals surface area (Å²) in [4.78, 5) is 10.7. The van der Waals surface area contributed by atoms with Crippen LogP contribution in [0.1, 0.15) is 25.0 Å². The summed E-state index contributed by atoms with van der Waals surface area (Å²) in [6.45, 7) is 5.63. The Labute approximate surface area is 83.9 Å². The van der Waals surface area contributed by atoms with Crippen LogP contribution in [-0.4, -0.2) is 6.29 Å². The lowest BCUT2D eigenvalue weighted by atomic mass is 9.86. The van der Waals surface area contributed by atoms with Crippen LogP contribution in [0.25, 0.3) is 0 Å². The number of halogens is 1. The van der Waals surface area contributed by atoms with E-state index in [1.807, 2.05) is 20.8 Å². The maximum absolute atomic E-state index is 12.9. The van der Waals surface area contributed by atoms with Crippen LogP contribution in [0.2, 0.25) is 0 Å². The van der Waals surface area contributed by atoms with Gasteiger partial charge in [0.1, 0.15) is 12.1 Å². The van der Waals surface area contributed by atoms with E-state index in [1.54, 1.807) is 6.07 Å². The second kappa shape index (κ2) is 3.91. The van der Waals surface area contributed by atoms with E-state index < -0.39 is 5.41 Å². The Bertz CT molecular complexity index is 342. The van der Waals surface area contributed by atoms with Crippen molar-refractivity contribution in [3.05, 3.63) is 35.1 Å². The number of hydrogen-bond donors (Lipinski definition) is 0. The lowest BCUT2D eigenvalue weighted by molar-refractivity contribution is -0.114. The number of carbonyl (C=O) groups excluding carboxylic acids is 1. The van der Waals surface area contributed by atoms with Crippen LogP contribution in [0.4, 0.5) is 4.39 Å². The first kappa shape index (κ1) is 10.9. The summed E-state index contributed by atoms with van der Waals surface area (Å²) >= 11 is 0. The van der Waals surface area contributed by atoms with Crippen LogP contribution in [-0.2, 0) is 11.2 Å². The lowest BCUT2D eigenvalue weighted by Crippen LogP contribution is -2.17. The van der Waals surface area contributed by atoms with E-state index in [-0.39, 0.29) is 5.82 Å². The SMILES string of the molecule is Cc1ccc(F)cc1CC(C)(C)C=O. The van der Waals surface area contributed by atoms with Gasteiger partial charge in [-0.3, -0.25) is 0 Å². The van der Waals surface area contributed by atoms with Crippen molar-refractivity contribution in [3.8, 4) is 0 Å². The van der Waals surface area contributed by atoms with Crippen molar-refractivity contribution in [2.75, 3.05) is 0 Å². The second-order valence-corrected chi connectivity index (χ2v) is 4.35. The van der Waals surface area contributed by atoms with Gasteiger partial charge in [0.25, 0.3) is 0 Å². The molecule has 0 aliphatic carbocycles. The van der Waals surface area contributed by atoms with Crippen LogP contribution < -0.4 is 0 Å². The smallest absolute Gasteiger partial charge is 0.125 e. The molecule has 14 heavy (non-hydrogen) atoms. The van der Waals surface area contributed by atoms with Gasteiger partial charge >= 0.3 is 0 Å². The molecule has 76 valence electrons. The van der Waals surface area contributed by atoms with Crippen LogP contribution >= 0.6 is 0 Å². The second-order valence-electron chi connectivity index (χ2n) is 4.35. The van der Waals surface area contributed by atoms with Gasteiger partial charge in [0.15, 0.2) is 0 Å². The third kappa shape index (κ3) is 2.66. The molecule has 0 heterocycles. The Morgan fingerprint density at radius 1 is 1.43 bits per heavy atom. The quantitative estimate of drug-likeness (QED) is 0.676. The van der Waals surface area contributed by atoms with Gasteiger partial charge in [0, 0.05) is 5.41 Å². The normalized spacial score (nSPS) is 11.4. The predicted octanol–water partition coefficient (Wildman–Crippen LogP) is 2.90. The fourth-order valence-electron chi connectivity index (χ4n) is 1.36. The molecule has 0 spiro atoms. The van der Waals surface area contributed by atoms with Gasteiger partial charge in [-0.2, -0.15) is 0 Å². The van der Waals surface area contributed by atoms with E-state index in [4.69, 9.17) is 0 Å². The summed E-state index contributed by atoms with van der Waals surface area (Å²) in [5.74, 6) is -0.243. The van der Waals surface area contributed by atoms with Crippen molar-refractivity contribution >= 4 is 6.29 Å². The molecule has 1 nitrogen and oxygen atoms in total. The van der Waals surface area contributed by atoms with Gasteiger partial charge in [-0.25, -0.2) is 4.39 Å². The number of aryl methyl sites for hydroxylation is 1. The zero-order valence-electron chi connectivity index (χ0n) is 8.80. The molecule has 0 aliphatic heterocycles. The minimum atomic E-state index is -0.418. The average Bonchev–Trinajstić information content (AvgIpc) is 2.11. The standard InChI is InChI=1S/C12H15FO/c1-9-4-5-11(13)6-10(9)7-12(2,3)8-14/h4-6,8H,7H2,1-3H3. The molecule has 0 bridgehead atoms. The van der Waals surface area contributed by atoms with Crippen molar-refractivity contribution < 1.29 is 9.18 Å². The molecular weight excluding hydrogens is 179 g/mol. The van der Waals surface area contributed by atoms with Crippen LogP contribution in [0, 0.1) is 18.2 Å². The maximum atomic E-state index is 12.9. The largest absolute Gasteiger partial charge is 0.303 e. The van der Waals surface area contributed by atoms with Crippen LogP contribution in [0.5, 0.6) is 0 Å². The van der Waals surface area contributed by atoms with Gasteiger partial charge < -0.3 is 4.79 Å². The molecule has 1 rings (SSSR count). The third-order valence-corrected chi connectivity index (χ3v) is 2.28. The average molecular weight is 194 g/mol. The topological polar surface area (TPSA) is 17.1 Å². The Hall–Kier alpha value is -1.18. The van der Waals surface area contributed by atoms with Gasteiger partial charge in [-0.15, -0.1) is 0 Å². The maximum Gasteiger partial charge on any atom is 0.125 e. The molecule has 0 saturated heterocycles. The molecule has 0 radical (unpaired) electrons. The molecule has 1 aromatic carbocycles. The van der Waals surface area contributed by atoms with E-state index in [0.717, 1.165) is 17.4 Å². The molecule has 0 aliphatic rings. The number of benzene rings is 1. The summed E-state index contributed by atoms with van der Waals surface area (Å²) in [6, 6.07) is 4.68. The third-order valence-electron chi connectivity index (χ3n) is 2.28. The van der Waals surface area contributed by atoms with E-state index in [1.165, 1.54) is 12.1 Å². The monoisotopic (exact) mass is 194 g/mol. The molecule has 0 N–H and O–H groups in total. The first-order valence-electron chi connectivity index (χ1n) is 4.66. The van der Waals surface area contributed by atoms with E-state index in [2.05, 4.69) is 0 Å². The highest BCUT2D eigenvalue weighted by molar-refractivity contribution is 5.59. The fourth-order valence-corrected chi connectivity index (χ4v) is 1.36. The van der Waals surface area contributed by atoms with E-state index in [9.17, 15) is 9.18 Å². The van der Waals surface area contributed by atoms with Gasteiger partial charge in [-0.1, -0.05) is 19.9 Å². The molecular formula is C12H15FO. The summed E-state index contributed by atoms with van der Waals surface area (Å²) in [5.41, 5.74) is 1.52. The van der Waals surface area contributed by atoms with Crippen molar-refractivity contribution in [2.24, 2.45) is 5.41 Å². The highest BCUT2D eigenvalue weighted by Crippen LogP contribution is 2.22.